The molecule has 0 amide bonds. The van der Waals surface area contributed by atoms with Crippen LogP contribution in [0, 0.1) is 5.82 Å². The van der Waals surface area contributed by atoms with Crippen LogP contribution in [0.2, 0.25) is 0 Å². The summed E-state index contributed by atoms with van der Waals surface area (Å²) < 4.78 is 20.0. The van der Waals surface area contributed by atoms with Crippen molar-refractivity contribution in [3.63, 3.8) is 0 Å². The molecule has 4 rings (SSSR count). The molecule has 0 bridgehead atoms. The van der Waals surface area contributed by atoms with Gasteiger partial charge in [0, 0.05) is 12.0 Å². The van der Waals surface area contributed by atoms with Crippen LogP contribution < -0.4 is 0 Å². The van der Waals surface area contributed by atoms with Gasteiger partial charge in [-0.15, -0.1) is 5.10 Å². The molecule has 0 saturated carbocycles. The number of benzene rings is 3. The van der Waals surface area contributed by atoms with E-state index in [1.807, 2.05) is 36.4 Å². The summed E-state index contributed by atoms with van der Waals surface area (Å²) in [6, 6.07) is 20.3. The Morgan fingerprint density at radius 3 is 2.39 bits per heavy atom. The molecule has 156 valence electrons. The van der Waals surface area contributed by atoms with E-state index in [0.717, 1.165) is 16.6 Å². The number of nitrogens with zero attached hydrogens (tertiary/aromatic N) is 3. The van der Waals surface area contributed by atoms with Gasteiger partial charge in [-0.1, -0.05) is 29.5 Å². The fraction of sp³-hybridized carbons (Fsp3) is 0.167. The lowest BCUT2D eigenvalue weighted by molar-refractivity contribution is 0.0494. The molecular formula is C24H20FN3O3. The average Bonchev–Trinajstić information content (AvgIpc) is 3.20. The van der Waals surface area contributed by atoms with Gasteiger partial charge in [0.15, 0.2) is 5.78 Å². The van der Waals surface area contributed by atoms with Crippen molar-refractivity contribution < 1.29 is 18.7 Å². The van der Waals surface area contributed by atoms with Gasteiger partial charge in [-0.25, -0.2) is 13.9 Å². The molecule has 0 spiro atoms. The van der Waals surface area contributed by atoms with E-state index < -0.39 is 5.97 Å². The zero-order valence-corrected chi connectivity index (χ0v) is 16.7. The van der Waals surface area contributed by atoms with Crippen LogP contribution in [0.1, 0.15) is 39.1 Å². The van der Waals surface area contributed by atoms with E-state index in [4.69, 9.17) is 4.74 Å². The minimum absolute atomic E-state index is 0.110. The van der Waals surface area contributed by atoms with Gasteiger partial charge in [0.1, 0.15) is 11.3 Å². The van der Waals surface area contributed by atoms with Gasteiger partial charge in [0.25, 0.3) is 0 Å². The van der Waals surface area contributed by atoms with Crippen LogP contribution in [0.4, 0.5) is 4.39 Å². The Kier molecular flexibility index (Phi) is 6.12. The maximum absolute atomic E-state index is 12.9. The largest absolute Gasteiger partial charge is 0.462 e. The van der Waals surface area contributed by atoms with Crippen molar-refractivity contribution in [2.24, 2.45) is 0 Å². The second-order valence-electron chi connectivity index (χ2n) is 7.10. The van der Waals surface area contributed by atoms with E-state index in [1.54, 1.807) is 16.8 Å². The quantitative estimate of drug-likeness (QED) is 0.241. The number of carbonyl (C=O) groups is 2. The molecule has 6 nitrogen and oxygen atoms in total. The van der Waals surface area contributed by atoms with Gasteiger partial charge in [-0.2, -0.15) is 0 Å². The number of fused-ring (bicyclic) bond motifs is 1. The number of halogens is 1. The average molecular weight is 417 g/mol. The maximum Gasteiger partial charge on any atom is 0.338 e. The molecule has 3 aromatic carbocycles. The number of hydrogen-bond donors (Lipinski definition) is 0. The number of rotatable bonds is 8. The predicted molar refractivity (Wildman–Crippen MR) is 113 cm³/mol. The topological polar surface area (TPSA) is 74.1 Å². The Labute approximate surface area is 178 Å². The van der Waals surface area contributed by atoms with E-state index in [0.29, 0.717) is 24.1 Å². The van der Waals surface area contributed by atoms with Gasteiger partial charge < -0.3 is 4.74 Å². The molecule has 1 aromatic heterocycles. The molecule has 7 heteroatoms. The van der Waals surface area contributed by atoms with E-state index in [2.05, 4.69) is 10.3 Å². The van der Waals surface area contributed by atoms with E-state index >= 15 is 0 Å². The molecule has 0 aliphatic heterocycles. The summed E-state index contributed by atoms with van der Waals surface area (Å²) in [4.78, 5) is 24.3. The first-order chi connectivity index (χ1) is 15.1. The standard InChI is InChI=1S/C24H20FN3O3/c25-20-13-11-18(12-14-20)23(29)6-3-15-31-24(30)19-9-7-17(8-10-19)16-28-22-5-2-1-4-21(22)26-27-28/h1-2,4-5,7-14H,3,6,15-16H2. The van der Waals surface area contributed by atoms with Crippen LogP contribution in [-0.4, -0.2) is 33.4 Å². The number of Topliss-reactive ketones (excluding diaryl/α,β-unsaturated/α-hetero) is 1. The van der Waals surface area contributed by atoms with Crippen LogP contribution >= 0.6 is 0 Å². The number of aromatic nitrogens is 3. The van der Waals surface area contributed by atoms with Crippen LogP contribution in [0.5, 0.6) is 0 Å². The SMILES string of the molecule is O=C(CCCOC(=O)c1ccc(Cn2nnc3ccccc32)cc1)c1ccc(F)cc1. The first-order valence-corrected chi connectivity index (χ1v) is 9.93. The zero-order chi connectivity index (χ0) is 21.6. The number of carbonyl (C=O) groups excluding carboxylic acids is 2. The van der Waals surface area contributed by atoms with E-state index in [-0.39, 0.29) is 24.6 Å². The lowest BCUT2D eigenvalue weighted by Gasteiger charge is -2.07. The highest BCUT2D eigenvalue weighted by atomic mass is 19.1. The number of para-hydroxylation sites is 1. The number of ether oxygens (including phenoxy) is 1. The zero-order valence-electron chi connectivity index (χ0n) is 16.7. The molecule has 0 saturated heterocycles. The molecule has 1 heterocycles. The van der Waals surface area contributed by atoms with Gasteiger partial charge in [0.05, 0.1) is 24.2 Å². The highest BCUT2D eigenvalue weighted by Crippen LogP contribution is 2.14. The van der Waals surface area contributed by atoms with Gasteiger partial charge >= 0.3 is 5.97 Å². The van der Waals surface area contributed by atoms with Crippen LogP contribution in [0.3, 0.4) is 0 Å². The summed E-state index contributed by atoms with van der Waals surface area (Å²) in [5, 5.41) is 8.30. The van der Waals surface area contributed by atoms with Crippen molar-refractivity contribution >= 4 is 22.8 Å². The summed E-state index contributed by atoms with van der Waals surface area (Å²) in [7, 11) is 0. The molecule has 0 aliphatic rings. The van der Waals surface area contributed by atoms with Crippen molar-refractivity contribution in [1.29, 1.82) is 0 Å². The Hall–Kier alpha value is -3.87. The Bertz CT molecular complexity index is 1200. The Morgan fingerprint density at radius 2 is 1.61 bits per heavy atom. The third-order valence-corrected chi connectivity index (χ3v) is 4.89. The predicted octanol–water partition coefficient (Wildman–Crippen LogP) is 4.44. The van der Waals surface area contributed by atoms with Crippen LogP contribution in [0.15, 0.2) is 72.8 Å². The first kappa shape index (κ1) is 20.4. The maximum atomic E-state index is 12.9. The van der Waals surface area contributed by atoms with Crippen LogP contribution in [0.25, 0.3) is 11.0 Å². The van der Waals surface area contributed by atoms with Gasteiger partial charge in [0.2, 0.25) is 0 Å². The molecule has 4 aromatic rings. The molecule has 0 radical (unpaired) electrons. The van der Waals surface area contributed by atoms with E-state index in [1.165, 1.54) is 24.3 Å². The fourth-order valence-electron chi connectivity index (χ4n) is 3.21. The smallest absolute Gasteiger partial charge is 0.338 e. The third kappa shape index (κ3) is 5.01. The highest BCUT2D eigenvalue weighted by Gasteiger charge is 2.10. The molecule has 0 fully saturated rings. The molecule has 0 N–H and O–H groups in total. The minimum atomic E-state index is -0.438. The highest BCUT2D eigenvalue weighted by molar-refractivity contribution is 5.96. The normalized spacial score (nSPS) is 10.9. The fourth-order valence-corrected chi connectivity index (χ4v) is 3.21. The summed E-state index contributed by atoms with van der Waals surface area (Å²) >= 11 is 0. The third-order valence-electron chi connectivity index (χ3n) is 4.89. The van der Waals surface area contributed by atoms with Crippen molar-refractivity contribution in [3.05, 3.63) is 95.3 Å². The lowest BCUT2D eigenvalue weighted by atomic mass is 10.1. The lowest BCUT2D eigenvalue weighted by Crippen LogP contribution is -2.09. The molecule has 0 aliphatic carbocycles. The monoisotopic (exact) mass is 417 g/mol. The summed E-state index contributed by atoms with van der Waals surface area (Å²) in [6.45, 7) is 0.680. The number of esters is 1. The second-order valence-corrected chi connectivity index (χ2v) is 7.10. The summed E-state index contributed by atoms with van der Waals surface area (Å²) in [6.07, 6.45) is 0.628. The van der Waals surface area contributed by atoms with Crippen molar-refractivity contribution in [3.8, 4) is 0 Å². The Morgan fingerprint density at radius 1 is 0.903 bits per heavy atom. The van der Waals surface area contributed by atoms with Crippen molar-refractivity contribution in [2.75, 3.05) is 6.61 Å². The summed E-state index contributed by atoms with van der Waals surface area (Å²) in [5.74, 6) is -0.931. The second kappa shape index (κ2) is 9.30. The molecular weight excluding hydrogens is 397 g/mol. The Balaban J connectivity index is 1.26. The first-order valence-electron chi connectivity index (χ1n) is 9.93. The molecule has 0 atom stereocenters. The number of hydrogen-bond acceptors (Lipinski definition) is 5. The van der Waals surface area contributed by atoms with Gasteiger partial charge in [-0.3, -0.25) is 4.79 Å². The van der Waals surface area contributed by atoms with Gasteiger partial charge in [-0.05, 0) is 60.5 Å². The molecule has 31 heavy (non-hydrogen) atoms. The van der Waals surface area contributed by atoms with E-state index in [9.17, 15) is 14.0 Å². The van der Waals surface area contributed by atoms with Crippen molar-refractivity contribution in [1.82, 2.24) is 15.0 Å². The van der Waals surface area contributed by atoms with Crippen molar-refractivity contribution in [2.45, 2.75) is 19.4 Å². The minimum Gasteiger partial charge on any atom is -0.462 e. The molecule has 0 unspecified atom stereocenters. The van der Waals surface area contributed by atoms with Crippen LogP contribution in [-0.2, 0) is 11.3 Å². The summed E-state index contributed by atoms with van der Waals surface area (Å²) in [5.41, 5.74) is 3.65. The number of ketones is 1.